The maximum atomic E-state index is 13.0. The third-order valence-corrected chi connectivity index (χ3v) is 4.50. The quantitative estimate of drug-likeness (QED) is 0.726. The second-order valence-corrected chi connectivity index (χ2v) is 6.22. The molecule has 8 nitrogen and oxygen atoms in total. The van der Waals surface area contributed by atoms with Crippen molar-refractivity contribution in [2.75, 3.05) is 17.7 Å². The van der Waals surface area contributed by atoms with Gasteiger partial charge in [0.1, 0.15) is 23.2 Å². The van der Waals surface area contributed by atoms with Crippen molar-refractivity contribution in [1.29, 1.82) is 0 Å². The molecular weight excluding hydrogens is 361 g/mol. The second kappa shape index (κ2) is 6.25. The molecule has 27 heavy (non-hydrogen) atoms. The largest absolute Gasteiger partial charge is 0.421 e. The zero-order chi connectivity index (χ0) is 19.2. The average molecular weight is 378 g/mol. The summed E-state index contributed by atoms with van der Waals surface area (Å²) in [6.07, 6.45) is 2.60. The summed E-state index contributed by atoms with van der Waals surface area (Å²) in [6, 6.07) is 0.0237. The van der Waals surface area contributed by atoms with Crippen molar-refractivity contribution in [1.82, 2.24) is 29.3 Å². The molecule has 11 heteroatoms. The number of nitrogens with one attached hydrogen (secondary N) is 2. The maximum absolute atomic E-state index is 13.0. The van der Waals surface area contributed by atoms with Crippen LogP contribution < -0.4 is 10.6 Å². The number of hydrogen-bond acceptors (Lipinski definition) is 6. The third kappa shape index (κ3) is 3.09. The standard InChI is InChI=1S/C16H17F3N8/c1-9-11(8-27(25-9)12-3-5-26-6-4-21-14(12)26)23-15-22-7-10(16(17,18)19)13(20-2)24-15/h4,6-8,12H,3,5H2,1-2H3,(H2,20,22,23,24)/t12-/m1/s1. The van der Waals surface area contributed by atoms with Crippen molar-refractivity contribution < 1.29 is 13.2 Å². The van der Waals surface area contributed by atoms with Crippen LogP contribution in [-0.2, 0) is 12.7 Å². The van der Waals surface area contributed by atoms with E-state index in [1.807, 2.05) is 17.8 Å². The van der Waals surface area contributed by atoms with Crippen LogP contribution in [-0.4, -0.2) is 36.3 Å². The summed E-state index contributed by atoms with van der Waals surface area (Å²) in [5.41, 5.74) is 0.400. The summed E-state index contributed by atoms with van der Waals surface area (Å²) in [5, 5.41) is 9.92. The lowest BCUT2D eigenvalue weighted by Gasteiger charge is -2.12. The Morgan fingerprint density at radius 3 is 2.81 bits per heavy atom. The fourth-order valence-electron chi connectivity index (χ4n) is 3.17. The van der Waals surface area contributed by atoms with E-state index in [1.165, 1.54) is 7.05 Å². The molecule has 0 fully saturated rings. The molecule has 4 heterocycles. The lowest BCUT2D eigenvalue weighted by molar-refractivity contribution is -0.137. The molecule has 1 aliphatic heterocycles. The minimum absolute atomic E-state index is 0.0237. The SMILES string of the molecule is CNc1nc(Nc2cn([C@@H]3CCn4ccnc43)nc2C)ncc1C(F)(F)F. The molecule has 0 amide bonds. The van der Waals surface area contributed by atoms with E-state index in [0.29, 0.717) is 11.4 Å². The van der Waals surface area contributed by atoms with Crippen LogP contribution in [0.4, 0.5) is 30.6 Å². The molecule has 2 N–H and O–H groups in total. The maximum Gasteiger partial charge on any atom is 0.421 e. The van der Waals surface area contributed by atoms with Crippen LogP contribution in [0.3, 0.4) is 0 Å². The van der Waals surface area contributed by atoms with Gasteiger partial charge in [-0.25, -0.2) is 9.97 Å². The van der Waals surface area contributed by atoms with Crippen LogP contribution in [0, 0.1) is 6.92 Å². The number of hydrogen-bond donors (Lipinski definition) is 2. The van der Waals surface area contributed by atoms with Gasteiger partial charge in [0.25, 0.3) is 0 Å². The van der Waals surface area contributed by atoms with E-state index >= 15 is 0 Å². The Bertz CT molecular complexity index is 974. The van der Waals surface area contributed by atoms with E-state index in [2.05, 4.69) is 35.3 Å². The van der Waals surface area contributed by atoms with E-state index in [1.54, 1.807) is 12.4 Å². The van der Waals surface area contributed by atoms with Crippen LogP contribution >= 0.6 is 0 Å². The highest BCUT2D eigenvalue weighted by Crippen LogP contribution is 2.34. The molecule has 0 radical (unpaired) electrons. The van der Waals surface area contributed by atoms with E-state index < -0.39 is 11.7 Å². The molecule has 1 aliphatic rings. The molecule has 3 aromatic rings. The summed E-state index contributed by atoms with van der Waals surface area (Å²) >= 11 is 0. The molecule has 0 spiro atoms. The smallest absolute Gasteiger partial charge is 0.372 e. The normalized spacial score (nSPS) is 16.4. The number of rotatable bonds is 4. The highest BCUT2D eigenvalue weighted by molar-refractivity contribution is 5.58. The molecule has 1 atom stereocenters. The zero-order valence-corrected chi connectivity index (χ0v) is 14.6. The Hall–Kier alpha value is -3.11. The Labute approximate surface area is 152 Å². The van der Waals surface area contributed by atoms with E-state index in [0.717, 1.165) is 25.0 Å². The Morgan fingerprint density at radius 1 is 1.26 bits per heavy atom. The van der Waals surface area contributed by atoms with Gasteiger partial charge in [0.05, 0.1) is 11.4 Å². The molecule has 0 aliphatic carbocycles. The number of alkyl halides is 3. The summed E-state index contributed by atoms with van der Waals surface area (Å²) < 4.78 is 42.8. The van der Waals surface area contributed by atoms with E-state index in [4.69, 9.17) is 0 Å². The number of fused-ring (bicyclic) bond motifs is 1. The van der Waals surface area contributed by atoms with Gasteiger partial charge < -0.3 is 15.2 Å². The van der Waals surface area contributed by atoms with Gasteiger partial charge in [0, 0.05) is 38.4 Å². The second-order valence-electron chi connectivity index (χ2n) is 6.22. The average Bonchev–Trinajstić information content (AvgIpc) is 3.30. The number of anilines is 3. The van der Waals surface area contributed by atoms with Crippen molar-refractivity contribution in [3.63, 3.8) is 0 Å². The molecule has 0 bridgehead atoms. The Balaban J connectivity index is 1.60. The zero-order valence-electron chi connectivity index (χ0n) is 14.6. The number of halogens is 3. The third-order valence-electron chi connectivity index (χ3n) is 4.50. The minimum Gasteiger partial charge on any atom is -0.372 e. The van der Waals surface area contributed by atoms with Gasteiger partial charge in [-0.05, 0) is 13.3 Å². The number of aryl methyl sites for hydroxylation is 2. The van der Waals surface area contributed by atoms with Crippen molar-refractivity contribution in [3.8, 4) is 0 Å². The predicted octanol–water partition coefficient (Wildman–Crippen LogP) is 2.98. The van der Waals surface area contributed by atoms with Gasteiger partial charge >= 0.3 is 6.18 Å². The predicted molar refractivity (Wildman–Crippen MR) is 91.8 cm³/mol. The molecule has 4 rings (SSSR count). The topological polar surface area (TPSA) is 85.5 Å². The number of aromatic nitrogens is 6. The number of nitrogens with zero attached hydrogens (tertiary/aromatic N) is 6. The molecule has 142 valence electrons. The van der Waals surface area contributed by atoms with Gasteiger partial charge in [-0.1, -0.05) is 0 Å². The molecule has 0 saturated carbocycles. The van der Waals surface area contributed by atoms with Crippen molar-refractivity contribution in [2.24, 2.45) is 0 Å². The van der Waals surface area contributed by atoms with Gasteiger partial charge in [-0.15, -0.1) is 0 Å². The first-order chi connectivity index (χ1) is 12.9. The molecule has 0 aromatic carbocycles. The fourth-order valence-corrected chi connectivity index (χ4v) is 3.17. The van der Waals surface area contributed by atoms with Crippen LogP contribution in [0.15, 0.2) is 24.8 Å². The van der Waals surface area contributed by atoms with Crippen molar-refractivity contribution in [2.45, 2.75) is 32.1 Å². The molecule has 0 saturated heterocycles. The first-order valence-electron chi connectivity index (χ1n) is 8.32. The van der Waals surface area contributed by atoms with E-state index in [-0.39, 0.29) is 17.8 Å². The van der Waals surface area contributed by atoms with Crippen molar-refractivity contribution >= 4 is 17.5 Å². The van der Waals surface area contributed by atoms with Gasteiger partial charge in [0.2, 0.25) is 5.95 Å². The highest BCUT2D eigenvalue weighted by atomic mass is 19.4. The molecule has 0 unspecified atom stereocenters. The highest BCUT2D eigenvalue weighted by Gasteiger charge is 2.35. The first-order valence-corrected chi connectivity index (χ1v) is 8.32. The number of imidazole rings is 1. The lowest BCUT2D eigenvalue weighted by Crippen LogP contribution is -2.12. The Kier molecular flexibility index (Phi) is 4.01. The first kappa shape index (κ1) is 17.3. The fraction of sp³-hybridized carbons (Fsp3) is 0.375. The Morgan fingerprint density at radius 2 is 2.07 bits per heavy atom. The summed E-state index contributed by atoms with van der Waals surface area (Å²) in [4.78, 5) is 12.1. The summed E-state index contributed by atoms with van der Waals surface area (Å²) in [6.45, 7) is 2.68. The molecule has 3 aromatic heterocycles. The minimum atomic E-state index is -4.53. The van der Waals surface area contributed by atoms with Gasteiger partial charge in [0.15, 0.2) is 0 Å². The summed E-state index contributed by atoms with van der Waals surface area (Å²) in [5.74, 6) is 0.707. The lowest BCUT2D eigenvalue weighted by atomic mass is 10.2. The van der Waals surface area contributed by atoms with E-state index in [9.17, 15) is 13.2 Å². The van der Waals surface area contributed by atoms with Gasteiger partial charge in [-0.3, -0.25) is 4.68 Å². The van der Waals surface area contributed by atoms with Crippen LogP contribution in [0.2, 0.25) is 0 Å². The monoisotopic (exact) mass is 378 g/mol. The summed E-state index contributed by atoms with van der Waals surface area (Å²) in [7, 11) is 1.38. The van der Waals surface area contributed by atoms with Gasteiger partial charge in [-0.2, -0.15) is 23.3 Å². The van der Waals surface area contributed by atoms with Crippen LogP contribution in [0.1, 0.15) is 29.5 Å². The van der Waals surface area contributed by atoms with Crippen molar-refractivity contribution in [3.05, 3.63) is 41.9 Å². The van der Waals surface area contributed by atoms with Crippen LogP contribution in [0.25, 0.3) is 0 Å². The van der Waals surface area contributed by atoms with Crippen LogP contribution in [0.5, 0.6) is 0 Å². The molecular formula is C16H17F3N8.